The largest absolute Gasteiger partial charge is 0.357 e. The summed E-state index contributed by atoms with van der Waals surface area (Å²) in [6.07, 6.45) is 11.2. The van der Waals surface area contributed by atoms with Crippen molar-refractivity contribution in [3.8, 4) is 0 Å². The van der Waals surface area contributed by atoms with Crippen LogP contribution in [-0.2, 0) is 0 Å². The molecule has 1 fully saturated rings. The number of allylic oxidation sites excluding steroid dienone is 1. The molecule has 0 aromatic carbocycles. The van der Waals surface area contributed by atoms with Crippen LogP contribution < -0.4 is 10.2 Å². The van der Waals surface area contributed by atoms with Crippen molar-refractivity contribution >= 4 is 22.8 Å². The number of anilines is 2. The third kappa shape index (κ3) is 5.80. The second-order valence-corrected chi connectivity index (χ2v) is 7.53. The minimum atomic E-state index is 0.780. The van der Waals surface area contributed by atoms with Crippen LogP contribution in [0.15, 0.2) is 62.2 Å². The lowest BCUT2D eigenvalue weighted by molar-refractivity contribution is 0.573. The number of H-pyrrole nitrogens is 1. The Morgan fingerprint density at radius 1 is 1.07 bits per heavy atom. The molecule has 4 heterocycles. The van der Waals surface area contributed by atoms with Crippen LogP contribution in [0.25, 0.3) is 11.3 Å². The number of piperidine rings is 1. The van der Waals surface area contributed by atoms with Crippen molar-refractivity contribution in [2.75, 3.05) is 23.3 Å². The SMILES string of the molecule is C=C(Nc1cn[nH]c1C(=C)C)c1cccnc1.Cc1ccc(N2CCCCC2)nc1. The molecule has 6 nitrogen and oxygen atoms in total. The van der Waals surface area contributed by atoms with E-state index in [-0.39, 0.29) is 0 Å². The minimum Gasteiger partial charge on any atom is -0.357 e. The molecule has 1 aliphatic rings. The molecule has 1 aliphatic heterocycles. The molecule has 0 unspecified atom stereocenters. The maximum absolute atomic E-state index is 4.43. The van der Waals surface area contributed by atoms with Gasteiger partial charge in [0.15, 0.2) is 0 Å². The van der Waals surface area contributed by atoms with Crippen LogP contribution in [0.2, 0.25) is 0 Å². The lowest BCUT2D eigenvalue weighted by Crippen LogP contribution is -2.29. The molecule has 156 valence electrons. The van der Waals surface area contributed by atoms with Gasteiger partial charge >= 0.3 is 0 Å². The summed E-state index contributed by atoms with van der Waals surface area (Å²) in [5, 5.41) is 10.1. The zero-order valence-electron chi connectivity index (χ0n) is 17.9. The van der Waals surface area contributed by atoms with Crippen LogP contribution in [0.1, 0.15) is 43.0 Å². The molecule has 3 aromatic rings. The van der Waals surface area contributed by atoms with E-state index in [0.29, 0.717) is 0 Å². The monoisotopic (exact) mass is 402 g/mol. The van der Waals surface area contributed by atoms with Crippen molar-refractivity contribution in [1.82, 2.24) is 20.2 Å². The van der Waals surface area contributed by atoms with Gasteiger partial charge in [-0.05, 0) is 62.4 Å². The maximum Gasteiger partial charge on any atom is 0.128 e. The van der Waals surface area contributed by atoms with Crippen molar-refractivity contribution in [3.05, 3.63) is 79.0 Å². The molecule has 4 rings (SSSR count). The third-order valence-electron chi connectivity index (χ3n) is 4.94. The van der Waals surface area contributed by atoms with E-state index in [1.807, 2.05) is 25.3 Å². The van der Waals surface area contributed by atoms with E-state index in [2.05, 4.69) is 62.6 Å². The van der Waals surface area contributed by atoms with Crippen LogP contribution in [0.5, 0.6) is 0 Å². The first-order chi connectivity index (χ1) is 14.5. The molecule has 3 aromatic heterocycles. The van der Waals surface area contributed by atoms with E-state index in [1.165, 1.54) is 37.9 Å². The number of aromatic amines is 1. The van der Waals surface area contributed by atoms with Gasteiger partial charge in [-0.15, -0.1) is 0 Å². The highest BCUT2D eigenvalue weighted by molar-refractivity contribution is 5.80. The Labute approximate surface area is 178 Å². The van der Waals surface area contributed by atoms with Gasteiger partial charge < -0.3 is 10.2 Å². The standard InChI is InChI=1S/C13H14N4.C11H16N2/c1-9(2)13-12(8-15-17-13)16-10(3)11-5-4-6-14-7-11;1-10-5-6-11(12-9-10)13-7-3-2-4-8-13/h4-8,16H,1,3H2,2H3,(H,15,17);5-6,9H,2-4,7-8H2,1H3. The highest BCUT2D eigenvalue weighted by Gasteiger charge is 2.11. The van der Waals surface area contributed by atoms with Crippen LogP contribution in [-0.4, -0.2) is 33.3 Å². The average Bonchev–Trinajstić information content (AvgIpc) is 3.24. The number of pyridine rings is 2. The van der Waals surface area contributed by atoms with Crippen LogP contribution in [0, 0.1) is 6.92 Å². The second kappa shape index (κ2) is 10.4. The van der Waals surface area contributed by atoms with Crippen molar-refractivity contribution in [2.45, 2.75) is 33.1 Å². The highest BCUT2D eigenvalue weighted by Crippen LogP contribution is 2.23. The van der Waals surface area contributed by atoms with Crippen molar-refractivity contribution in [3.63, 3.8) is 0 Å². The number of rotatable bonds is 5. The van der Waals surface area contributed by atoms with Crippen LogP contribution in [0.3, 0.4) is 0 Å². The summed E-state index contributed by atoms with van der Waals surface area (Å²) < 4.78 is 0. The summed E-state index contributed by atoms with van der Waals surface area (Å²) in [7, 11) is 0. The molecule has 1 saturated heterocycles. The van der Waals surface area contributed by atoms with Gasteiger partial charge in [-0.1, -0.05) is 19.2 Å². The summed E-state index contributed by atoms with van der Waals surface area (Å²) in [4.78, 5) is 10.9. The van der Waals surface area contributed by atoms with Crippen LogP contribution in [0.4, 0.5) is 11.5 Å². The first-order valence-electron chi connectivity index (χ1n) is 10.3. The molecular formula is C24H30N6. The Kier molecular flexibility index (Phi) is 7.38. The zero-order chi connectivity index (χ0) is 21.3. The van der Waals surface area contributed by atoms with Gasteiger partial charge in [-0.3, -0.25) is 10.1 Å². The Morgan fingerprint density at radius 3 is 2.50 bits per heavy atom. The summed E-state index contributed by atoms with van der Waals surface area (Å²) in [5.74, 6) is 1.14. The van der Waals surface area contributed by atoms with Gasteiger partial charge in [-0.2, -0.15) is 5.10 Å². The lowest BCUT2D eigenvalue weighted by atomic mass is 10.1. The first kappa shape index (κ1) is 21.3. The van der Waals surface area contributed by atoms with E-state index in [1.54, 1.807) is 18.6 Å². The quantitative estimate of drug-likeness (QED) is 0.606. The highest BCUT2D eigenvalue weighted by atomic mass is 15.2. The first-order valence-corrected chi connectivity index (χ1v) is 10.3. The van der Waals surface area contributed by atoms with Crippen molar-refractivity contribution in [1.29, 1.82) is 0 Å². The van der Waals surface area contributed by atoms with Crippen LogP contribution >= 0.6 is 0 Å². The summed E-state index contributed by atoms with van der Waals surface area (Å²) in [6.45, 7) is 14.2. The van der Waals surface area contributed by atoms with E-state index >= 15 is 0 Å². The average molecular weight is 403 g/mol. The smallest absolute Gasteiger partial charge is 0.128 e. The number of aryl methyl sites for hydroxylation is 1. The van der Waals surface area contributed by atoms with Gasteiger partial charge in [0.2, 0.25) is 0 Å². The fourth-order valence-electron chi connectivity index (χ4n) is 3.25. The molecule has 0 bridgehead atoms. The molecule has 6 heteroatoms. The molecule has 2 N–H and O–H groups in total. The van der Waals surface area contributed by atoms with E-state index < -0.39 is 0 Å². The number of aromatic nitrogens is 4. The minimum absolute atomic E-state index is 0.780. The second-order valence-electron chi connectivity index (χ2n) is 7.53. The molecule has 30 heavy (non-hydrogen) atoms. The van der Waals surface area contributed by atoms with Gasteiger partial charge in [0.05, 0.1) is 17.6 Å². The molecule has 0 amide bonds. The van der Waals surface area contributed by atoms with Gasteiger partial charge in [0.25, 0.3) is 0 Å². The van der Waals surface area contributed by atoms with Gasteiger partial charge in [-0.25, -0.2) is 4.98 Å². The Morgan fingerprint density at radius 2 is 1.87 bits per heavy atom. The molecule has 0 radical (unpaired) electrons. The number of hydrogen-bond donors (Lipinski definition) is 2. The zero-order valence-corrected chi connectivity index (χ0v) is 17.9. The maximum atomic E-state index is 4.43. The van der Waals surface area contributed by atoms with Crippen molar-refractivity contribution in [2.24, 2.45) is 0 Å². The molecule has 0 atom stereocenters. The molecule has 0 aliphatic carbocycles. The van der Waals surface area contributed by atoms with E-state index in [4.69, 9.17) is 0 Å². The predicted molar refractivity (Wildman–Crippen MR) is 125 cm³/mol. The summed E-state index contributed by atoms with van der Waals surface area (Å²) in [5.41, 5.74) is 5.63. The van der Waals surface area contributed by atoms with E-state index in [0.717, 1.165) is 34.0 Å². The van der Waals surface area contributed by atoms with E-state index in [9.17, 15) is 0 Å². The summed E-state index contributed by atoms with van der Waals surface area (Å²) >= 11 is 0. The topological polar surface area (TPSA) is 69.7 Å². The normalized spacial score (nSPS) is 13.2. The summed E-state index contributed by atoms with van der Waals surface area (Å²) in [6, 6.07) is 8.08. The number of nitrogens with zero attached hydrogens (tertiary/aromatic N) is 4. The predicted octanol–water partition coefficient (Wildman–Crippen LogP) is 5.30. The van der Waals surface area contributed by atoms with Crippen molar-refractivity contribution < 1.29 is 0 Å². The lowest BCUT2D eigenvalue weighted by Gasteiger charge is -2.27. The van der Waals surface area contributed by atoms with Gasteiger partial charge in [0, 0.05) is 42.9 Å². The Hall–Kier alpha value is -3.41. The molecule has 0 saturated carbocycles. The number of nitrogens with one attached hydrogen (secondary N) is 2. The number of hydrogen-bond acceptors (Lipinski definition) is 5. The molecule has 0 spiro atoms. The van der Waals surface area contributed by atoms with Gasteiger partial charge in [0.1, 0.15) is 5.82 Å². The fourth-order valence-corrected chi connectivity index (χ4v) is 3.25. The molecular weight excluding hydrogens is 372 g/mol. The third-order valence-corrected chi connectivity index (χ3v) is 4.94. The Bertz CT molecular complexity index is 953. The fraction of sp³-hybridized carbons (Fsp3) is 0.292. The Balaban J connectivity index is 0.000000177.